The van der Waals surface area contributed by atoms with Crippen LogP contribution >= 0.6 is 0 Å². The summed E-state index contributed by atoms with van der Waals surface area (Å²) in [4.78, 5) is 0. The Balaban J connectivity index is 2.09. The topological polar surface area (TPSA) is 9.23 Å². The fraction of sp³-hybridized carbons (Fsp3) is 0.900. The van der Waals surface area contributed by atoms with Crippen molar-refractivity contribution < 1.29 is 4.74 Å². The molecule has 0 saturated carbocycles. The second-order valence-electron chi connectivity index (χ2n) is 6.79. The number of hydrogen-bond acceptors (Lipinski definition) is 1. The standard InChI is InChI=1S/C20H38O/c1-3-5-7-9-11-13-17-20-19(16-14-18-21-20)15-12-10-8-6-4-2/h4,19-20H,2-3,5-18H2,1H3/t19-,20+/m0/s1. The number of unbranched alkanes of at least 4 members (excludes halogenated alkanes) is 8. The van der Waals surface area contributed by atoms with Crippen molar-refractivity contribution in [2.75, 3.05) is 6.61 Å². The fourth-order valence-corrected chi connectivity index (χ4v) is 3.55. The van der Waals surface area contributed by atoms with Crippen LogP contribution in [0.15, 0.2) is 12.7 Å². The van der Waals surface area contributed by atoms with Gasteiger partial charge in [-0.3, -0.25) is 0 Å². The summed E-state index contributed by atoms with van der Waals surface area (Å²) < 4.78 is 6.08. The molecule has 2 atom stereocenters. The van der Waals surface area contributed by atoms with Gasteiger partial charge < -0.3 is 4.74 Å². The minimum absolute atomic E-state index is 0.573. The number of hydrogen-bond donors (Lipinski definition) is 0. The third-order valence-electron chi connectivity index (χ3n) is 4.90. The predicted octanol–water partition coefficient (Wildman–Crippen LogP) is 6.67. The van der Waals surface area contributed by atoms with Gasteiger partial charge in [0, 0.05) is 6.61 Å². The maximum atomic E-state index is 6.08. The van der Waals surface area contributed by atoms with Gasteiger partial charge in [0.15, 0.2) is 0 Å². The Bertz CT molecular complexity index is 236. The summed E-state index contributed by atoms with van der Waals surface area (Å²) >= 11 is 0. The van der Waals surface area contributed by atoms with Crippen LogP contribution in [0.2, 0.25) is 0 Å². The quantitative estimate of drug-likeness (QED) is 0.272. The van der Waals surface area contributed by atoms with Gasteiger partial charge in [-0.2, -0.15) is 0 Å². The molecule has 1 heteroatoms. The van der Waals surface area contributed by atoms with E-state index in [1.54, 1.807) is 0 Å². The van der Waals surface area contributed by atoms with Crippen molar-refractivity contribution in [3.63, 3.8) is 0 Å². The molecule has 1 rings (SSSR count). The molecule has 0 aromatic carbocycles. The van der Waals surface area contributed by atoms with Gasteiger partial charge >= 0.3 is 0 Å². The van der Waals surface area contributed by atoms with Gasteiger partial charge in [-0.05, 0) is 44.4 Å². The molecule has 0 spiro atoms. The first kappa shape index (κ1) is 18.7. The summed E-state index contributed by atoms with van der Waals surface area (Å²) in [6.45, 7) is 7.10. The van der Waals surface area contributed by atoms with E-state index < -0.39 is 0 Å². The third-order valence-corrected chi connectivity index (χ3v) is 4.90. The molecule has 1 heterocycles. The van der Waals surface area contributed by atoms with Crippen LogP contribution in [-0.4, -0.2) is 12.7 Å². The maximum Gasteiger partial charge on any atom is 0.0603 e. The van der Waals surface area contributed by atoms with E-state index in [2.05, 4.69) is 13.5 Å². The van der Waals surface area contributed by atoms with Gasteiger partial charge in [-0.25, -0.2) is 0 Å². The Hall–Kier alpha value is -0.300. The molecule has 0 N–H and O–H groups in total. The van der Waals surface area contributed by atoms with Crippen molar-refractivity contribution in [1.29, 1.82) is 0 Å². The molecule has 1 nitrogen and oxygen atoms in total. The van der Waals surface area contributed by atoms with Crippen LogP contribution in [0.5, 0.6) is 0 Å². The van der Waals surface area contributed by atoms with Crippen molar-refractivity contribution in [3.8, 4) is 0 Å². The molecule has 0 radical (unpaired) electrons. The fourth-order valence-electron chi connectivity index (χ4n) is 3.55. The van der Waals surface area contributed by atoms with Crippen LogP contribution in [0.25, 0.3) is 0 Å². The van der Waals surface area contributed by atoms with E-state index in [0.717, 1.165) is 12.5 Å². The average molecular weight is 295 g/mol. The van der Waals surface area contributed by atoms with Gasteiger partial charge in [0.05, 0.1) is 6.10 Å². The first-order valence-corrected chi connectivity index (χ1v) is 9.61. The molecule has 0 aliphatic carbocycles. The largest absolute Gasteiger partial charge is 0.378 e. The number of allylic oxidation sites excluding steroid dienone is 1. The highest BCUT2D eigenvalue weighted by atomic mass is 16.5. The Morgan fingerprint density at radius 2 is 1.67 bits per heavy atom. The van der Waals surface area contributed by atoms with Crippen LogP contribution in [0.1, 0.15) is 96.8 Å². The Labute approximate surface area is 133 Å². The third kappa shape index (κ3) is 9.34. The van der Waals surface area contributed by atoms with Crippen molar-refractivity contribution in [2.45, 2.75) is 103 Å². The van der Waals surface area contributed by atoms with Crippen LogP contribution in [0.4, 0.5) is 0 Å². The first-order chi connectivity index (χ1) is 10.4. The van der Waals surface area contributed by atoms with Crippen molar-refractivity contribution in [3.05, 3.63) is 12.7 Å². The Kier molecular flexibility index (Phi) is 11.9. The molecule has 124 valence electrons. The maximum absolute atomic E-state index is 6.08. The second kappa shape index (κ2) is 13.4. The van der Waals surface area contributed by atoms with Crippen molar-refractivity contribution in [1.82, 2.24) is 0 Å². The molecule has 0 unspecified atom stereocenters. The normalized spacial score (nSPS) is 22.3. The molecule has 0 aromatic heterocycles. The highest BCUT2D eigenvalue weighted by Gasteiger charge is 2.24. The average Bonchev–Trinajstić information content (AvgIpc) is 2.52. The molecule has 1 aliphatic rings. The lowest BCUT2D eigenvalue weighted by Crippen LogP contribution is -2.29. The number of rotatable bonds is 13. The van der Waals surface area contributed by atoms with Crippen molar-refractivity contribution in [2.24, 2.45) is 5.92 Å². The van der Waals surface area contributed by atoms with E-state index in [-0.39, 0.29) is 0 Å². The van der Waals surface area contributed by atoms with Crippen LogP contribution in [-0.2, 0) is 4.74 Å². The van der Waals surface area contributed by atoms with E-state index in [9.17, 15) is 0 Å². The van der Waals surface area contributed by atoms with Crippen molar-refractivity contribution >= 4 is 0 Å². The summed E-state index contributed by atoms with van der Waals surface area (Å²) in [5, 5.41) is 0. The zero-order chi connectivity index (χ0) is 15.2. The lowest BCUT2D eigenvalue weighted by atomic mass is 9.86. The molecule has 0 amide bonds. The highest BCUT2D eigenvalue weighted by Crippen LogP contribution is 2.29. The van der Waals surface area contributed by atoms with E-state index in [1.807, 2.05) is 6.08 Å². The van der Waals surface area contributed by atoms with Crippen LogP contribution in [0, 0.1) is 5.92 Å². The molecular weight excluding hydrogens is 256 g/mol. The smallest absolute Gasteiger partial charge is 0.0603 e. The summed E-state index contributed by atoms with van der Waals surface area (Å²) in [7, 11) is 0. The Morgan fingerprint density at radius 3 is 2.48 bits per heavy atom. The summed E-state index contributed by atoms with van der Waals surface area (Å²) in [5.74, 6) is 0.845. The van der Waals surface area contributed by atoms with Gasteiger partial charge in [0.2, 0.25) is 0 Å². The lowest BCUT2D eigenvalue weighted by Gasteiger charge is -2.32. The monoisotopic (exact) mass is 294 g/mol. The molecule has 0 bridgehead atoms. The second-order valence-corrected chi connectivity index (χ2v) is 6.79. The molecule has 21 heavy (non-hydrogen) atoms. The van der Waals surface area contributed by atoms with E-state index in [1.165, 1.54) is 89.9 Å². The minimum Gasteiger partial charge on any atom is -0.378 e. The summed E-state index contributed by atoms with van der Waals surface area (Å²) in [6, 6.07) is 0. The predicted molar refractivity (Wildman–Crippen MR) is 93.7 cm³/mol. The summed E-state index contributed by atoms with van der Waals surface area (Å²) in [6.07, 6.45) is 21.6. The summed E-state index contributed by atoms with van der Waals surface area (Å²) in [5.41, 5.74) is 0. The first-order valence-electron chi connectivity index (χ1n) is 9.61. The van der Waals surface area contributed by atoms with Gasteiger partial charge in [-0.15, -0.1) is 6.58 Å². The minimum atomic E-state index is 0.573. The number of ether oxygens (including phenoxy) is 1. The lowest BCUT2D eigenvalue weighted by molar-refractivity contribution is -0.0352. The molecule has 0 aromatic rings. The van der Waals surface area contributed by atoms with Gasteiger partial charge in [0.1, 0.15) is 0 Å². The zero-order valence-electron chi connectivity index (χ0n) is 14.5. The van der Waals surface area contributed by atoms with Crippen LogP contribution in [0.3, 0.4) is 0 Å². The van der Waals surface area contributed by atoms with E-state index >= 15 is 0 Å². The zero-order valence-corrected chi connectivity index (χ0v) is 14.5. The molecule has 1 saturated heterocycles. The van der Waals surface area contributed by atoms with E-state index in [0.29, 0.717) is 6.10 Å². The molecule has 1 fully saturated rings. The van der Waals surface area contributed by atoms with E-state index in [4.69, 9.17) is 4.74 Å². The highest BCUT2D eigenvalue weighted by molar-refractivity contribution is 4.75. The molecular formula is C20H38O. The molecule has 1 aliphatic heterocycles. The van der Waals surface area contributed by atoms with Crippen LogP contribution < -0.4 is 0 Å². The Morgan fingerprint density at radius 1 is 0.952 bits per heavy atom. The SMILES string of the molecule is C=CCCCCC[C@H]1CCCO[C@@H]1CCCCCCCC. The van der Waals surface area contributed by atoms with Gasteiger partial charge in [0.25, 0.3) is 0 Å². The van der Waals surface area contributed by atoms with Gasteiger partial charge in [-0.1, -0.05) is 64.4 Å².